The molecule has 12 aromatic rings. The van der Waals surface area contributed by atoms with Crippen molar-refractivity contribution in [2.45, 2.75) is 0 Å². The van der Waals surface area contributed by atoms with Crippen LogP contribution < -0.4 is 0 Å². The zero-order valence-corrected chi connectivity index (χ0v) is 30.6. The van der Waals surface area contributed by atoms with Crippen molar-refractivity contribution in [1.29, 1.82) is 0 Å². The molecule has 0 aliphatic rings. The Morgan fingerprint density at radius 2 is 0.857 bits per heavy atom. The van der Waals surface area contributed by atoms with E-state index in [-0.39, 0.29) is 0 Å². The molecule has 0 spiro atoms. The third kappa shape index (κ3) is 4.57. The molecule has 12 rings (SSSR count). The maximum atomic E-state index is 4.90. The average Bonchev–Trinajstić information content (AvgIpc) is 4.05. The van der Waals surface area contributed by atoms with Gasteiger partial charge in [-0.2, -0.15) is 0 Å². The highest BCUT2D eigenvalue weighted by Gasteiger charge is 2.20. The molecule has 0 bridgehead atoms. The van der Waals surface area contributed by atoms with Gasteiger partial charge in [0.05, 0.1) is 60.5 Å². The van der Waals surface area contributed by atoms with Gasteiger partial charge in [0.1, 0.15) is 0 Å². The van der Waals surface area contributed by atoms with Gasteiger partial charge in [0, 0.05) is 68.8 Å². The monoisotopic (exact) mass is 735 g/mol. The van der Waals surface area contributed by atoms with Crippen molar-refractivity contribution in [1.82, 2.24) is 33.6 Å². The Morgan fingerprint density at radius 1 is 0.357 bits per heavy atom. The molecule has 0 aliphatic carbocycles. The normalized spacial score (nSPS) is 11.9. The van der Waals surface area contributed by atoms with Gasteiger partial charge in [-0.05, 0) is 127 Å². The summed E-state index contributed by atoms with van der Waals surface area (Å²) in [6.45, 7) is 0. The number of thiophene rings is 1. The summed E-state index contributed by atoms with van der Waals surface area (Å²) in [7, 11) is 0. The summed E-state index contributed by atoms with van der Waals surface area (Å²) in [6, 6.07) is 51.6. The van der Waals surface area contributed by atoms with Gasteiger partial charge in [-0.1, -0.05) is 24.3 Å². The van der Waals surface area contributed by atoms with E-state index in [9.17, 15) is 0 Å². The van der Waals surface area contributed by atoms with Crippen LogP contribution in [0.4, 0.5) is 0 Å². The van der Waals surface area contributed by atoms with E-state index >= 15 is 0 Å². The maximum absolute atomic E-state index is 4.90. The largest absolute Gasteiger partial charge is 0.308 e. The van der Waals surface area contributed by atoms with Crippen LogP contribution in [-0.2, 0) is 0 Å². The highest BCUT2D eigenvalue weighted by molar-refractivity contribution is 7.12. The van der Waals surface area contributed by atoms with Crippen molar-refractivity contribution >= 4 is 77.0 Å². The Kier molecular flexibility index (Phi) is 6.66. The molecule has 7 nitrogen and oxygen atoms in total. The molecule has 4 aromatic carbocycles. The molecule has 0 amide bonds. The van der Waals surface area contributed by atoms with E-state index in [4.69, 9.17) is 9.97 Å². The van der Waals surface area contributed by atoms with Crippen molar-refractivity contribution in [2.24, 2.45) is 0 Å². The van der Waals surface area contributed by atoms with E-state index in [1.54, 1.807) is 11.3 Å². The summed E-state index contributed by atoms with van der Waals surface area (Å²) in [5, 5.41) is 7.86. The molecule has 262 valence electrons. The topological polar surface area (TPSA) is 66.3 Å². The quantitative estimate of drug-likeness (QED) is 0.176. The highest BCUT2D eigenvalue weighted by atomic mass is 32.1. The Bertz CT molecular complexity index is 3260. The second-order valence-corrected chi connectivity index (χ2v) is 14.9. The Hall–Kier alpha value is -7.42. The molecule has 0 unspecified atom stereocenters. The van der Waals surface area contributed by atoms with Gasteiger partial charge in [-0.3, -0.25) is 19.9 Å². The van der Waals surface area contributed by atoms with Gasteiger partial charge < -0.3 is 13.7 Å². The van der Waals surface area contributed by atoms with Crippen LogP contribution in [0.3, 0.4) is 0 Å². The molecule has 0 saturated heterocycles. The Morgan fingerprint density at radius 3 is 1.34 bits per heavy atom. The lowest BCUT2D eigenvalue weighted by atomic mass is 10.1. The van der Waals surface area contributed by atoms with Crippen LogP contribution in [0.25, 0.3) is 105 Å². The zero-order valence-electron chi connectivity index (χ0n) is 29.8. The second kappa shape index (κ2) is 12.0. The lowest BCUT2D eigenvalue weighted by Gasteiger charge is -2.10. The third-order valence-corrected chi connectivity index (χ3v) is 11.8. The number of pyridine rings is 4. The molecule has 8 heterocycles. The van der Waals surface area contributed by atoms with E-state index in [2.05, 4.69) is 138 Å². The van der Waals surface area contributed by atoms with Crippen molar-refractivity contribution in [2.75, 3.05) is 0 Å². The van der Waals surface area contributed by atoms with E-state index in [1.807, 2.05) is 61.2 Å². The van der Waals surface area contributed by atoms with Gasteiger partial charge in [-0.15, -0.1) is 11.3 Å². The first-order valence-corrected chi connectivity index (χ1v) is 19.4. The van der Waals surface area contributed by atoms with Crippen LogP contribution in [-0.4, -0.2) is 33.6 Å². The zero-order chi connectivity index (χ0) is 36.7. The molecule has 0 radical (unpaired) electrons. The number of hydrogen-bond donors (Lipinski definition) is 0. The van der Waals surface area contributed by atoms with Crippen molar-refractivity contribution in [3.63, 3.8) is 0 Å². The smallest absolute Gasteiger partial charge is 0.0999 e. The molecular weight excluding hydrogens is 707 g/mol. The number of hydrogen-bond acceptors (Lipinski definition) is 5. The summed E-state index contributed by atoms with van der Waals surface area (Å²) < 4.78 is 7.08. The van der Waals surface area contributed by atoms with Crippen LogP contribution in [0, 0.1) is 0 Å². The first-order valence-electron chi connectivity index (χ1n) is 18.5. The summed E-state index contributed by atoms with van der Waals surface area (Å²) in [5.74, 6) is 0. The Labute approximate surface area is 324 Å². The molecule has 56 heavy (non-hydrogen) atoms. The first kappa shape index (κ1) is 31.0. The highest BCUT2D eigenvalue weighted by Crippen LogP contribution is 2.40. The van der Waals surface area contributed by atoms with Crippen LogP contribution in [0.15, 0.2) is 176 Å². The fraction of sp³-hybridized carbons (Fsp3) is 0. The first-order chi connectivity index (χ1) is 27.8. The summed E-state index contributed by atoms with van der Waals surface area (Å²) >= 11 is 1.75. The molecule has 0 fully saturated rings. The van der Waals surface area contributed by atoms with E-state index in [0.717, 1.165) is 88.8 Å². The van der Waals surface area contributed by atoms with E-state index in [1.165, 1.54) is 15.8 Å². The summed E-state index contributed by atoms with van der Waals surface area (Å²) in [4.78, 5) is 19.0. The van der Waals surface area contributed by atoms with Crippen LogP contribution in [0.2, 0.25) is 0 Å². The fourth-order valence-corrected chi connectivity index (χ4v) is 9.28. The summed E-state index contributed by atoms with van der Waals surface area (Å²) in [6.07, 6.45) is 7.43. The summed E-state index contributed by atoms with van der Waals surface area (Å²) in [5.41, 5.74) is 14.7. The van der Waals surface area contributed by atoms with Crippen LogP contribution >= 0.6 is 11.3 Å². The predicted molar refractivity (Wildman–Crippen MR) is 229 cm³/mol. The van der Waals surface area contributed by atoms with E-state index in [0.29, 0.717) is 0 Å². The van der Waals surface area contributed by atoms with Gasteiger partial charge in [0.2, 0.25) is 0 Å². The molecular formula is C48H29N7S. The lowest BCUT2D eigenvalue weighted by Crippen LogP contribution is -1.95. The van der Waals surface area contributed by atoms with Crippen LogP contribution in [0.5, 0.6) is 0 Å². The van der Waals surface area contributed by atoms with Gasteiger partial charge in [-0.25, -0.2) is 0 Å². The fourth-order valence-electron chi connectivity index (χ4n) is 8.52. The van der Waals surface area contributed by atoms with Crippen LogP contribution in [0.1, 0.15) is 0 Å². The third-order valence-electron chi connectivity index (χ3n) is 10.9. The number of rotatable bonds is 5. The maximum Gasteiger partial charge on any atom is 0.0999 e. The molecule has 0 aliphatic heterocycles. The standard InChI is InChI=1S/C48H29N7S/c1-3-21-49-38(8-1)30-13-17-42-36(26-30)47-44(10-5-23-51-47)53(42)32-15-19-40-34(28-32)35-29-33(16-20-41(35)55(40)46-12-7-25-56-46)54-43-18-14-31(39-9-2-4-22-50-39)27-37(43)48-45(54)11-6-24-52-48/h1-29H. The molecule has 0 atom stereocenters. The predicted octanol–water partition coefficient (Wildman–Crippen LogP) is 12.0. The van der Waals surface area contributed by atoms with Gasteiger partial charge in [0.25, 0.3) is 0 Å². The molecule has 8 aromatic heterocycles. The van der Waals surface area contributed by atoms with Crippen molar-refractivity contribution < 1.29 is 0 Å². The minimum atomic E-state index is 0.942. The Balaban J connectivity index is 1.10. The second-order valence-electron chi connectivity index (χ2n) is 14.0. The lowest BCUT2D eigenvalue weighted by molar-refractivity contribution is 1.17. The average molecular weight is 736 g/mol. The number of nitrogens with zero attached hydrogens (tertiary/aromatic N) is 7. The van der Waals surface area contributed by atoms with Crippen molar-refractivity contribution in [3.05, 3.63) is 176 Å². The minimum Gasteiger partial charge on any atom is -0.308 e. The number of aromatic nitrogens is 7. The molecule has 8 heteroatoms. The molecule has 0 saturated carbocycles. The van der Waals surface area contributed by atoms with E-state index < -0.39 is 0 Å². The van der Waals surface area contributed by atoms with Gasteiger partial charge in [0.15, 0.2) is 0 Å². The molecule has 0 N–H and O–H groups in total. The van der Waals surface area contributed by atoms with Crippen molar-refractivity contribution in [3.8, 4) is 38.9 Å². The number of fused-ring (bicyclic) bond motifs is 9. The number of benzene rings is 4. The van der Waals surface area contributed by atoms with Gasteiger partial charge >= 0.3 is 0 Å². The minimum absolute atomic E-state index is 0.942. The SMILES string of the molecule is c1ccc(-c2ccc3c(c2)c2ncccc2n3-c2ccc3c(c2)c2cc(-n4c5ccc(-c6ccccn6)cc5c5ncccc54)ccc2n3-c2cccs2)nc1.